The van der Waals surface area contributed by atoms with Crippen LogP contribution in [-0.2, 0) is 6.42 Å². The highest BCUT2D eigenvalue weighted by Gasteiger charge is 2.02. The minimum absolute atomic E-state index is 0.0125. The van der Waals surface area contributed by atoms with Crippen LogP contribution in [0.2, 0.25) is 0 Å². The van der Waals surface area contributed by atoms with Crippen LogP contribution in [0, 0.1) is 10.1 Å². The van der Waals surface area contributed by atoms with Gasteiger partial charge in [0.1, 0.15) is 0 Å². The molecule has 0 saturated carbocycles. The third-order valence-corrected chi connectivity index (χ3v) is 2.58. The molecule has 2 aromatic rings. The van der Waals surface area contributed by atoms with Crippen LogP contribution in [0.4, 0.5) is 0 Å². The van der Waals surface area contributed by atoms with Gasteiger partial charge in [0.25, 0.3) is 11.0 Å². The third-order valence-electron chi connectivity index (χ3n) is 2.58. The summed E-state index contributed by atoms with van der Waals surface area (Å²) in [5.74, 6) is -0.0125. The maximum Gasteiger partial charge on any atom is 0.291 e. The van der Waals surface area contributed by atoms with E-state index >= 15 is 0 Å². The standard InChI is InChI=1S/C15H15NO.HNO3/c17-15(14-9-5-2-6-10-14)16-12-11-13-7-3-1-4-8-13;2-1(3)4/h1-10H,11-12H2,(H,16,17);(H,2,3,4). The molecule has 0 aliphatic carbocycles. The van der Waals surface area contributed by atoms with E-state index in [1.807, 2.05) is 48.5 Å². The number of rotatable bonds is 4. The van der Waals surface area contributed by atoms with Gasteiger partial charge < -0.3 is 10.5 Å². The van der Waals surface area contributed by atoms with Crippen LogP contribution < -0.4 is 5.32 Å². The summed E-state index contributed by atoms with van der Waals surface area (Å²) in [6, 6.07) is 19.4. The zero-order valence-electron chi connectivity index (χ0n) is 11.3. The Balaban J connectivity index is 0.000000491. The number of carbonyl (C=O) groups excluding carboxylic acids is 1. The van der Waals surface area contributed by atoms with E-state index in [4.69, 9.17) is 15.3 Å². The molecule has 2 aromatic carbocycles. The molecule has 0 aromatic heterocycles. The highest BCUT2D eigenvalue weighted by Crippen LogP contribution is 2.00. The number of nitrogens with zero attached hydrogens (tertiary/aromatic N) is 1. The maximum atomic E-state index is 11.7. The van der Waals surface area contributed by atoms with Crippen molar-refractivity contribution in [2.75, 3.05) is 6.54 Å². The molecule has 1 amide bonds. The zero-order valence-corrected chi connectivity index (χ0v) is 11.3. The Morgan fingerprint density at radius 3 is 2.05 bits per heavy atom. The van der Waals surface area contributed by atoms with Crippen LogP contribution in [0.1, 0.15) is 15.9 Å². The number of benzene rings is 2. The molecule has 0 atom stereocenters. The number of carbonyl (C=O) groups is 1. The van der Waals surface area contributed by atoms with Crippen molar-refractivity contribution in [1.29, 1.82) is 0 Å². The van der Waals surface area contributed by atoms with E-state index in [0.29, 0.717) is 12.1 Å². The molecule has 6 nitrogen and oxygen atoms in total. The highest BCUT2D eigenvalue weighted by atomic mass is 16.9. The molecule has 0 aliphatic heterocycles. The summed E-state index contributed by atoms with van der Waals surface area (Å²) in [7, 11) is 0. The summed E-state index contributed by atoms with van der Waals surface area (Å²) in [4.78, 5) is 20.1. The van der Waals surface area contributed by atoms with Crippen molar-refractivity contribution in [3.05, 3.63) is 81.9 Å². The van der Waals surface area contributed by atoms with Crippen LogP contribution in [0.5, 0.6) is 0 Å². The second kappa shape index (κ2) is 9.08. The third kappa shape index (κ3) is 7.31. The first-order valence-corrected chi connectivity index (χ1v) is 6.30. The predicted molar refractivity (Wildman–Crippen MR) is 77.7 cm³/mol. The van der Waals surface area contributed by atoms with E-state index in [1.165, 1.54) is 5.56 Å². The number of hydrogen-bond donors (Lipinski definition) is 2. The molecule has 0 spiro atoms. The zero-order chi connectivity index (χ0) is 15.5. The predicted octanol–water partition coefficient (Wildman–Crippen LogP) is 2.31. The van der Waals surface area contributed by atoms with Crippen LogP contribution in [0.3, 0.4) is 0 Å². The molecular formula is C15H16N2O4. The summed E-state index contributed by atoms with van der Waals surface area (Å²) in [5.41, 5.74) is 1.95. The summed E-state index contributed by atoms with van der Waals surface area (Å²) in [5, 5.41) is 16.5. The van der Waals surface area contributed by atoms with Gasteiger partial charge in [-0.2, -0.15) is 0 Å². The van der Waals surface area contributed by atoms with Gasteiger partial charge in [0.05, 0.1) is 0 Å². The Hall–Kier alpha value is -2.89. The van der Waals surface area contributed by atoms with Crippen molar-refractivity contribution in [1.82, 2.24) is 5.32 Å². The van der Waals surface area contributed by atoms with Crippen molar-refractivity contribution in [3.8, 4) is 0 Å². The van der Waals surface area contributed by atoms with E-state index in [0.717, 1.165) is 6.42 Å². The van der Waals surface area contributed by atoms with Gasteiger partial charge in [0, 0.05) is 12.1 Å². The topological polar surface area (TPSA) is 92.5 Å². The molecule has 0 aliphatic rings. The minimum Gasteiger partial charge on any atom is -0.352 e. The van der Waals surface area contributed by atoms with Crippen LogP contribution >= 0.6 is 0 Å². The molecular weight excluding hydrogens is 272 g/mol. The van der Waals surface area contributed by atoms with Crippen molar-refractivity contribution >= 4 is 5.91 Å². The molecule has 2 rings (SSSR count). The lowest BCUT2D eigenvalue weighted by Gasteiger charge is -2.05. The van der Waals surface area contributed by atoms with Gasteiger partial charge in [-0.1, -0.05) is 48.5 Å². The first-order chi connectivity index (χ1) is 10.1. The van der Waals surface area contributed by atoms with Gasteiger partial charge >= 0.3 is 0 Å². The monoisotopic (exact) mass is 288 g/mol. The molecule has 0 saturated heterocycles. The molecule has 0 bridgehead atoms. The van der Waals surface area contributed by atoms with Gasteiger partial charge in [-0.3, -0.25) is 4.79 Å². The van der Waals surface area contributed by atoms with Crippen LogP contribution in [-0.4, -0.2) is 22.7 Å². The van der Waals surface area contributed by atoms with Crippen molar-refractivity contribution in [3.63, 3.8) is 0 Å². The second-order valence-corrected chi connectivity index (χ2v) is 4.10. The molecule has 0 radical (unpaired) electrons. The largest absolute Gasteiger partial charge is 0.352 e. The maximum absolute atomic E-state index is 11.7. The summed E-state index contributed by atoms with van der Waals surface area (Å²) >= 11 is 0. The molecule has 0 fully saturated rings. The SMILES string of the molecule is O=C(NCCc1ccccc1)c1ccccc1.O=[N+]([O-])O. The lowest BCUT2D eigenvalue weighted by molar-refractivity contribution is -0.742. The Morgan fingerprint density at radius 1 is 1.05 bits per heavy atom. The number of nitrogens with one attached hydrogen (secondary N) is 1. The summed E-state index contributed by atoms with van der Waals surface area (Å²) in [6.45, 7) is 0.664. The Bertz CT molecular complexity index is 554. The minimum atomic E-state index is -1.50. The van der Waals surface area contributed by atoms with Gasteiger partial charge in [0.15, 0.2) is 0 Å². The number of hydrogen-bond acceptors (Lipinski definition) is 3. The van der Waals surface area contributed by atoms with E-state index in [1.54, 1.807) is 0 Å². The van der Waals surface area contributed by atoms with Gasteiger partial charge in [-0.05, 0) is 24.1 Å². The first kappa shape index (κ1) is 16.2. The fourth-order valence-electron chi connectivity index (χ4n) is 1.66. The van der Waals surface area contributed by atoms with E-state index in [9.17, 15) is 4.79 Å². The lowest BCUT2D eigenvalue weighted by atomic mass is 10.1. The second-order valence-electron chi connectivity index (χ2n) is 4.10. The van der Waals surface area contributed by atoms with Crippen molar-refractivity contribution in [2.24, 2.45) is 0 Å². The van der Waals surface area contributed by atoms with Crippen LogP contribution in [0.25, 0.3) is 0 Å². The van der Waals surface area contributed by atoms with Crippen molar-refractivity contribution < 1.29 is 15.1 Å². The van der Waals surface area contributed by atoms with E-state index in [-0.39, 0.29) is 5.91 Å². The molecule has 0 heterocycles. The fraction of sp³-hybridized carbons (Fsp3) is 0.133. The van der Waals surface area contributed by atoms with Crippen LogP contribution in [0.15, 0.2) is 60.7 Å². The van der Waals surface area contributed by atoms with E-state index in [2.05, 4.69) is 17.4 Å². The quantitative estimate of drug-likeness (QED) is 0.667. The lowest BCUT2D eigenvalue weighted by Crippen LogP contribution is -2.25. The average molecular weight is 288 g/mol. The summed E-state index contributed by atoms with van der Waals surface area (Å²) < 4.78 is 0. The van der Waals surface area contributed by atoms with Crippen molar-refractivity contribution in [2.45, 2.75) is 6.42 Å². The number of amides is 1. The molecule has 21 heavy (non-hydrogen) atoms. The Morgan fingerprint density at radius 2 is 1.52 bits per heavy atom. The van der Waals surface area contributed by atoms with Gasteiger partial charge in [-0.15, -0.1) is 10.1 Å². The summed E-state index contributed by atoms with van der Waals surface area (Å²) in [6.07, 6.45) is 0.861. The molecule has 6 heteroatoms. The smallest absolute Gasteiger partial charge is 0.291 e. The van der Waals surface area contributed by atoms with Gasteiger partial charge in [-0.25, -0.2) is 0 Å². The normalized spacial score (nSPS) is 9.14. The van der Waals surface area contributed by atoms with Gasteiger partial charge in [0.2, 0.25) is 0 Å². The Kier molecular flexibility index (Phi) is 6.99. The molecule has 110 valence electrons. The first-order valence-electron chi connectivity index (χ1n) is 6.30. The average Bonchev–Trinajstić information content (AvgIpc) is 2.48. The fourth-order valence-corrected chi connectivity index (χ4v) is 1.66. The molecule has 0 unspecified atom stereocenters. The molecule has 2 N–H and O–H groups in total. The highest BCUT2D eigenvalue weighted by molar-refractivity contribution is 5.94. The van der Waals surface area contributed by atoms with E-state index < -0.39 is 5.09 Å². The Labute approximate surface area is 122 Å².